The summed E-state index contributed by atoms with van der Waals surface area (Å²) < 4.78 is 5.09. The summed E-state index contributed by atoms with van der Waals surface area (Å²) in [6.45, 7) is 6.93. The maximum absolute atomic E-state index is 6.14. The standard InChI is InChI=1S/C15H31N3O/c1-19-12-7-14(16)13-17-10-5-15(6-11-17)18-8-3-2-4-9-18/h14-15H,2-13,16H2,1H3. The summed E-state index contributed by atoms with van der Waals surface area (Å²) in [5.74, 6) is 0. The van der Waals surface area contributed by atoms with Gasteiger partial charge < -0.3 is 20.3 Å². The zero-order valence-corrected chi connectivity index (χ0v) is 12.5. The van der Waals surface area contributed by atoms with E-state index < -0.39 is 0 Å². The summed E-state index contributed by atoms with van der Waals surface area (Å²) in [5.41, 5.74) is 6.14. The number of nitrogens with two attached hydrogens (primary N) is 1. The van der Waals surface area contributed by atoms with Crippen LogP contribution in [0.25, 0.3) is 0 Å². The second-order valence-electron chi connectivity index (χ2n) is 6.17. The van der Waals surface area contributed by atoms with Gasteiger partial charge in [-0.05, 0) is 58.3 Å². The first-order valence-corrected chi connectivity index (χ1v) is 8.00. The Kier molecular flexibility index (Phi) is 6.57. The summed E-state index contributed by atoms with van der Waals surface area (Å²) in [5, 5.41) is 0. The Labute approximate surface area is 118 Å². The number of rotatable bonds is 6. The lowest BCUT2D eigenvalue weighted by molar-refractivity contribution is 0.0875. The largest absolute Gasteiger partial charge is 0.385 e. The first-order valence-electron chi connectivity index (χ1n) is 8.00. The molecule has 0 aromatic carbocycles. The minimum absolute atomic E-state index is 0.270. The minimum Gasteiger partial charge on any atom is -0.385 e. The smallest absolute Gasteiger partial charge is 0.0477 e. The molecular formula is C15H31N3O. The molecular weight excluding hydrogens is 238 g/mol. The summed E-state index contributed by atoms with van der Waals surface area (Å²) in [7, 11) is 1.75. The Hall–Kier alpha value is -0.160. The fourth-order valence-electron chi connectivity index (χ4n) is 3.44. The first kappa shape index (κ1) is 15.2. The van der Waals surface area contributed by atoms with Crippen molar-refractivity contribution in [1.29, 1.82) is 0 Å². The van der Waals surface area contributed by atoms with Crippen molar-refractivity contribution in [2.24, 2.45) is 5.73 Å². The van der Waals surface area contributed by atoms with Gasteiger partial charge in [0.2, 0.25) is 0 Å². The molecule has 0 bridgehead atoms. The Morgan fingerprint density at radius 3 is 2.42 bits per heavy atom. The number of ether oxygens (including phenoxy) is 1. The molecule has 0 spiro atoms. The highest BCUT2D eigenvalue weighted by atomic mass is 16.5. The van der Waals surface area contributed by atoms with Gasteiger partial charge >= 0.3 is 0 Å². The van der Waals surface area contributed by atoms with Crippen LogP contribution in [0.2, 0.25) is 0 Å². The van der Waals surface area contributed by atoms with Crippen molar-refractivity contribution in [3.8, 4) is 0 Å². The van der Waals surface area contributed by atoms with Gasteiger partial charge in [0.1, 0.15) is 0 Å². The topological polar surface area (TPSA) is 41.7 Å². The summed E-state index contributed by atoms with van der Waals surface area (Å²) in [6.07, 6.45) is 7.88. The molecule has 0 saturated carbocycles. The molecule has 1 atom stereocenters. The highest BCUT2D eigenvalue weighted by Crippen LogP contribution is 2.20. The van der Waals surface area contributed by atoms with Crippen molar-refractivity contribution in [1.82, 2.24) is 9.80 Å². The number of likely N-dealkylation sites (tertiary alicyclic amines) is 2. The number of hydrogen-bond acceptors (Lipinski definition) is 4. The molecule has 4 heteroatoms. The van der Waals surface area contributed by atoms with E-state index >= 15 is 0 Å². The summed E-state index contributed by atoms with van der Waals surface area (Å²) >= 11 is 0. The van der Waals surface area contributed by atoms with Crippen LogP contribution in [-0.4, -0.2) is 68.3 Å². The summed E-state index contributed by atoms with van der Waals surface area (Å²) in [6, 6.07) is 1.11. The van der Waals surface area contributed by atoms with Crippen molar-refractivity contribution in [2.45, 2.75) is 50.6 Å². The highest BCUT2D eigenvalue weighted by Gasteiger charge is 2.25. The third kappa shape index (κ3) is 5.03. The zero-order chi connectivity index (χ0) is 13.5. The maximum atomic E-state index is 6.14. The average molecular weight is 269 g/mol. The van der Waals surface area contributed by atoms with E-state index in [4.69, 9.17) is 10.5 Å². The molecule has 0 aromatic heterocycles. The molecule has 1 unspecified atom stereocenters. The SMILES string of the molecule is COCCC(N)CN1CCC(N2CCCCC2)CC1. The first-order chi connectivity index (χ1) is 9.29. The van der Waals surface area contributed by atoms with Crippen LogP contribution >= 0.6 is 0 Å². The fraction of sp³-hybridized carbons (Fsp3) is 1.00. The van der Waals surface area contributed by atoms with Gasteiger partial charge in [0, 0.05) is 32.3 Å². The number of hydrogen-bond donors (Lipinski definition) is 1. The maximum Gasteiger partial charge on any atom is 0.0477 e. The van der Waals surface area contributed by atoms with Gasteiger partial charge in [-0.15, -0.1) is 0 Å². The molecule has 112 valence electrons. The molecule has 0 aromatic rings. The molecule has 2 aliphatic rings. The Morgan fingerprint density at radius 2 is 1.79 bits per heavy atom. The van der Waals surface area contributed by atoms with Crippen LogP contribution in [-0.2, 0) is 4.74 Å². The monoisotopic (exact) mass is 269 g/mol. The fourth-order valence-corrected chi connectivity index (χ4v) is 3.44. The lowest BCUT2D eigenvalue weighted by Gasteiger charge is -2.40. The van der Waals surface area contributed by atoms with Crippen molar-refractivity contribution in [3.63, 3.8) is 0 Å². The van der Waals surface area contributed by atoms with E-state index in [2.05, 4.69) is 9.80 Å². The molecule has 2 fully saturated rings. The predicted molar refractivity (Wildman–Crippen MR) is 79.4 cm³/mol. The van der Waals surface area contributed by atoms with Crippen LogP contribution in [0.15, 0.2) is 0 Å². The van der Waals surface area contributed by atoms with E-state index in [1.54, 1.807) is 7.11 Å². The number of methoxy groups -OCH3 is 1. The summed E-state index contributed by atoms with van der Waals surface area (Å²) in [4.78, 5) is 5.27. The quantitative estimate of drug-likeness (QED) is 0.789. The minimum atomic E-state index is 0.270. The Bertz CT molecular complexity index is 236. The van der Waals surface area contributed by atoms with Crippen molar-refractivity contribution in [2.75, 3.05) is 46.4 Å². The van der Waals surface area contributed by atoms with Gasteiger partial charge in [-0.25, -0.2) is 0 Å². The van der Waals surface area contributed by atoms with Gasteiger partial charge in [0.05, 0.1) is 0 Å². The van der Waals surface area contributed by atoms with Crippen LogP contribution in [0.4, 0.5) is 0 Å². The van der Waals surface area contributed by atoms with Gasteiger partial charge in [0.25, 0.3) is 0 Å². The third-order valence-electron chi connectivity index (χ3n) is 4.65. The predicted octanol–water partition coefficient (Wildman–Crippen LogP) is 1.30. The van der Waals surface area contributed by atoms with Crippen molar-refractivity contribution >= 4 is 0 Å². The van der Waals surface area contributed by atoms with Crippen LogP contribution in [0, 0.1) is 0 Å². The van der Waals surface area contributed by atoms with Crippen LogP contribution in [0.3, 0.4) is 0 Å². The van der Waals surface area contributed by atoms with Gasteiger partial charge in [-0.2, -0.15) is 0 Å². The van der Waals surface area contributed by atoms with Gasteiger partial charge in [-0.1, -0.05) is 6.42 Å². The highest BCUT2D eigenvalue weighted by molar-refractivity contribution is 4.82. The molecule has 4 nitrogen and oxygen atoms in total. The normalized spacial score (nSPS) is 25.6. The van der Waals surface area contributed by atoms with Crippen LogP contribution in [0.5, 0.6) is 0 Å². The van der Waals surface area contributed by atoms with E-state index in [0.29, 0.717) is 0 Å². The lowest BCUT2D eigenvalue weighted by Crippen LogP contribution is -2.49. The molecule has 0 radical (unpaired) electrons. The van der Waals surface area contributed by atoms with Crippen molar-refractivity contribution < 1.29 is 4.74 Å². The van der Waals surface area contributed by atoms with Gasteiger partial charge in [-0.3, -0.25) is 0 Å². The number of piperidine rings is 2. The molecule has 2 aliphatic heterocycles. The Morgan fingerprint density at radius 1 is 1.11 bits per heavy atom. The third-order valence-corrected chi connectivity index (χ3v) is 4.65. The van der Waals surface area contributed by atoms with E-state index in [0.717, 1.165) is 25.6 Å². The molecule has 19 heavy (non-hydrogen) atoms. The van der Waals surface area contributed by atoms with E-state index in [1.165, 1.54) is 58.3 Å². The molecule has 2 N–H and O–H groups in total. The molecule has 2 saturated heterocycles. The van der Waals surface area contributed by atoms with Crippen molar-refractivity contribution in [3.05, 3.63) is 0 Å². The van der Waals surface area contributed by atoms with Crippen LogP contribution in [0.1, 0.15) is 38.5 Å². The zero-order valence-electron chi connectivity index (χ0n) is 12.5. The molecule has 0 amide bonds. The molecule has 2 heterocycles. The van der Waals surface area contributed by atoms with Gasteiger partial charge in [0.15, 0.2) is 0 Å². The molecule has 2 rings (SSSR count). The second kappa shape index (κ2) is 8.20. The van der Waals surface area contributed by atoms with E-state index in [-0.39, 0.29) is 6.04 Å². The number of nitrogens with zero attached hydrogens (tertiary/aromatic N) is 2. The average Bonchev–Trinajstić information content (AvgIpc) is 2.47. The van der Waals surface area contributed by atoms with Crippen LogP contribution < -0.4 is 5.73 Å². The second-order valence-corrected chi connectivity index (χ2v) is 6.17. The Balaban J connectivity index is 1.64. The van der Waals surface area contributed by atoms with E-state index in [9.17, 15) is 0 Å². The van der Waals surface area contributed by atoms with E-state index in [1.807, 2.05) is 0 Å². The molecule has 0 aliphatic carbocycles. The lowest BCUT2D eigenvalue weighted by atomic mass is 9.99.